The van der Waals surface area contributed by atoms with E-state index in [1.165, 1.54) is 23.2 Å². The Labute approximate surface area is 123 Å². The van der Waals surface area contributed by atoms with Crippen LogP contribution in [0.15, 0.2) is 28.9 Å². The molecule has 3 heteroatoms. The summed E-state index contributed by atoms with van der Waals surface area (Å²) in [4.78, 5) is 4.53. The molecule has 2 nitrogen and oxygen atoms in total. The molecular weight excluding hydrogens is 300 g/mol. The fourth-order valence-corrected chi connectivity index (χ4v) is 3.64. The van der Waals surface area contributed by atoms with Gasteiger partial charge in [-0.25, -0.2) is 4.98 Å². The first-order valence-electron chi connectivity index (χ1n) is 6.99. The lowest BCUT2D eigenvalue weighted by atomic mass is 9.90. The molecule has 1 aliphatic rings. The zero-order chi connectivity index (χ0) is 13.4. The monoisotopic (exact) mass is 318 g/mol. The smallest absolute Gasteiger partial charge is 0.127 e. The fourth-order valence-electron chi connectivity index (χ4n) is 2.97. The van der Waals surface area contributed by atoms with Gasteiger partial charge in [-0.05, 0) is 53.2 Å². The molecule has 2 aromatic rings. The Morgan fingerprint density at radius 2 is 2.05 bits per heavy atom. The SMILES string of the molecule is CCc1ccc(C2CCc3c(Br)nc(C)n3C2)cc1. The van der Waals surface area contributed by atoms with Crippen LogP contribution in [-0.4, -0.2) is 9.55 Å². The van der Waals surface area contributed by atoms with E-state index < -0.39 is 0 Å². The van der Waals surface area contributed by atoms with Crippen molar-refractivity contribution in [3.8, 4) is 0 Å². The first kappa shape index (κ1) is 12.9. The summed E-state index contributed by atoms with van der Waals surface area (Å²) in [6.07, 6.45) is 3.44. The minimum absolute atomic E-state index is 0.623. The average Bonchev–Trinajstić information content (AvgIpc) is 2.74. The van der Waals surface area contributed by atoms with Gasteiger partial charge in [0.15, 0.2) is 0 Å². The van der Waals surface area contributed by atoms with E-state index in [0.717, 1.165) is 29.8 Å². The molecule has 1 unspecified atom stereocenters. The Kier molecular flexibility index (Phi) is 3.48. The van der Waals surface area contributed by atoms with Crippen molar-refractivity contribution < 1.29 is 0 Å². The molecule has 0 fully saturated rings. The van der Waals surface area contributed by atoms with E-state index in [-0.39, 0.29) is 0 Å². The summed E-state index contributed by atoms with van der Waals surface area (Å²) < 4.78 is 3.40. The maximum atomic E-state index is 4.53. The number of rotatable bonds is 2. The van der Waals surface area contributed by atoms with Crippen molar-refractivity contribution in [1.29, 1.82) is 0 Å². The van der Waals surface area contributed by atoms with Gasteiger partial charge in [0, 0.05) is 12.5 Å². The van der Waals surface area contributed by atoms with Crippen molar-refractivity contribution >= 4 is 15.9 Å². The van der Waals surface area contributed by atoms with E-state index in [4.69, 9.17) is 0 Å². The van der Waals surface area contributed by atoms with Crippen molar-refractivity contribution in [2.45, 2.75) is 45.6 Å². The summed E-state index contributed by atoms with van der Waals surface area (Å²) in [5.41, 5.74) is 4.24. The lowest BCUT2D eigenvalue weighted by Gasteiger charge is -2.25. The topological polar surface area (TPSA) is 17.8 Å². The maximum absolute atomic E-state index is 4.53. The Morgan fingerprint density at radius 1 is 1.32 bits per heavy atom. The number of fused-ring (bicyclic) bond motifs is 1. The van der Waals surface area contributed by atoms with Crippen molar-refractivity contribution in [3.63, 3.8) is 0 Å². The van der Waals surface area contributed by atoms with Gasteiger partial charge in [-0.15, -0.1) is 0 Å². The molecule has 1 aliphatic heterocycles. The maximum Gasteiger partial charge on any atom is 0.127 e. The predicted molar refractivity (Wildman–Crippen MR) is 81.5 cm³/mol. The minimum Gasteiger partial charge on any atom is -0.331 e. The second-order valence-electron chi connectivity index (χ2n) is 5.34. The Balaban J connectivity index is 1.86. The van der Waals surface area contributed by atoms with Crippen molar-refractivity contribution in [2.75, 3.05) is 0 Å². The first-order valence-corrected chi connectivity index (χ1v) is 7.78. The second kappa shape index (κ2) is 5.12. The zero-order valence-corrected chi connectivity index (χ0v) is 13.1. The second-order valence-corrected chi connectivity index (χ2v) is 6.09. The lowest BCUT2D eigenvalue weighted by molar-refractivity contribution is 0.455. The van der Waals surface area contributed by atoms with Crippen LogP contribution >= 0.6 is 15.9 Å². The van der Waals surface area contributed by atoms with Crippen LogP contribution in [-0.2, 0) is 19.4 Å². The summed E-state index contributed by atoms with van der Waals surface area (Å²) >= 11 is 3.57. The molecule has 0 amide bonds. The van der Waals surface area contributed by atoms with E-state index in [1.54, 1.807) is 0 Å². The Morgan fingerprint density at radius 3 is 2.74 bits per heavy atom. The van der Waals surface area contributed by atoms with E-state index in [1.807, 2.05) is 0 Å². The third kappa shape index (κ3) is 2.36. The van der Waals surface area contributed by atoms with Gasteiger partial charge < -0.3 is 4.57 Å². The van der Waals surface area contributed by atoms with Gasteiger partial charge in [-0.1, -0.05) is 31.2 Å². The standard InChI is InChI=1S/C16H19BrN2/c1-3-12-4-6-13(7-5-12)14-8-9-15-16(17)18-11(2)19(15)10-14/h4-7,14H,3,8-10H2,1-2H3. The van der Waals surface area contributed by atoms with Crippen molar-refractivity contribution in [1.82, 2.24) is 9.55 Å². The van der Waals surface area contributed by atoms with Gasteiger partial charge in [0.05, 0.1) is 5.69 Å². The Bertz CT molecular complexity index is 584. The fraction of sp³-hybridized carbons (Fsp3) is 0.438. The molecule has 0 spiro atoms. The minimum atomic E-state index is 0.623. The molecule has 1 aromatic carbocycles. The highest BCUT2D eigenvalue weighted by Gasteiger charge is 2.23. The van der Waals surface area contributed by atoms with E-state index in [2.05, 4.69) is 63.6 Å². The summed E-state index contributed by atoms with van der Waals surface area (Å²) in [5.74, 6) is 1.75. The van der Waals surface area contributed by atoms with Gasteiger partial charge in [0.2, 0.25) is 0 Å². The van der Waals surface area contributed by atoms with Gasteiger partial charge >= 0.3 is 0 Å². The predicted octanol–water partition coefficient (Wildman–Crippen LogP) is 4.25. The highest BCUT2D eigenvalue weighted by molar-refractivity contribution is 9.10. The van der Waals surface area contributed by atoms with E-state index in [0.29, 0.717) is 5.92 Å². The summed E-state index contributed by atoms with van der Waals surface area (Å²) in [6, 6.07) is 9.13. The first-order chi connectivity index (χ1) is 9.19. The third-order valence-corrected chi connectivity index (χ3v) is 4.84. The molecule has 0 aliphatic carbocycles. The number of nitrogens with zero attached hydrogens (tertiary/aromatic N) is 2. The normalized spacial score (nSPS) is 18.4. The summed E-state index contributed by atoms with van der Waals surface area (Å²) in [6.45, 7) is 5.36. The number of benzene rings is 1. The number of imidazole rings is 1. The largest absolute Gasteiger partial charge is 0.331 e. The molecule has 0 N–H and O–H groups in total. The van der Waals surface area contributed by atoms with Crippen LogP contribution in [0, 0.1) is 6.92 Å². The number of aromatic nitrogens is 2. The van der Waals surface area contributed by atoms with Crippen molar-refractivity contribution in [3.05, 3.63) is 51.5 Å². The molecule has 0 radical (unpaired) electrons. The van der Waals surface area contributed by atoms with E-state index >= 15 is 0 Å². The van der Waals surface area contributed by atoms with Crippen LogP contribution in [0.3, 0.4) is 0 Å². The third-order valence-electron chi connectivity index (χ3n) is 4.21. The molecule has 1 aromatic heterocycles. The molecule has 0 saturated heterocycles. The molecule has 100 valence electrons. The van der Waals surface area contributed by atoms with Gasteiger partial charge in [-0.2, -0.15) is 0 Å². The summed E-state index contributed by atoms with van der Waals surface area (Å²) in [5, 5.41) is 0. The van der Waals surface area contributed by atoms with Crippen LogP contribution in [0.25, 0.3) is 0 Å². The van der Waals surface area contributed by atoms with Gasteiger partial charge in [0.25, 0.3) is 0 Å². The van der Waals surface area contributed by atoms with Crippen LogP contribution in [0.4, 0.5) is 0 Å². The molecule has 0 saturated carbocycles. The van der Waals surface area contributed by atoms with Crippen LogP contribution in [0.1, 0.15) is 41.9 Å². The summed E-state index contributed by atoms with van der Waals surface area (Å²) in [7, 11) is 0. The molecule has 3 rings (SSSR count). The highest BCUT2D eigenvalue weighted by atomic mass is 79.9. The lowest BCUT2D eigenvalue weighted by Crippen LogP contribution is -2.19. The number of halogens is 1. The molecule has 2 heterocycles. The van der Waals surface area contributed by atoms with Crippen molar-refractivity contribution in [2.24, 2.45) is 0 Å². The molecular formula is C16H19BrN2. The van der Waals surface area contributed by atoms with Crippen LogP contribution in [0.5, 0.6) is 0 Å². The van der Waals surface area contributed by atoms with Gasteiger partial charge in [-0.3, -0.25) is 0 Å². The molecule has 19 heavy (non-hydrogen) atoms. The number of hydrogen-bond donors (Lipinski definition) is 0. The van der Waals surface area contributed by atoms with E-state index in [9.17, 15) is 0 Å². The van der Waals surface area contributed by atoms with Crippen LogP contribution < -0.4 is 0 Å². The Hall–Kier alpha value is -1.09. The number of hydrogen-bond acceptors (Lipinski definition) is 1. The zero-order valence-electron chi connectivity index (χ0n) is 11.5. The highest BCUT2D eigenvalue weighted by Crippen LogP contribution is 2.32. The van der Waals surface area contributed by atoms with Gasteiger partial charge in [0.1, 0.15) is 10.4 Å². The van der Waals surface area contributed by atoms with Crippen LogP contribution in [0.2, 0.25) is 0 Å². The molecule has 0 bridgehead atoms. The molecule has 1 atom stereocenters. The number of aryl methyl sites for hydroxylation is 2. The average molecular weight is 319 g/mol. The quantitative estimate of drug-likeness (QED) is 0.809.